The second-order valence-corrected chi connectivity index (χ2v) is 9.62. The average Bonchev–Trinajstić information content (AvgIpc) is 3.59. The van der Waals surface area contributed by atoms with Gasteiger partial charge >= 0.3 is 0 Å². The van der Waals surface area contributed by atoms with Crippen molar-refractivity contribution in [3.8, 4) is 0 Å². The van der Waals surface area contributed by atoms with Crippen LogP contribution >= 0.6 is 0 Å². The zero-order valence-corrected chi connectivity index (χ0v) is 18.7. The summed E-state index contributed by atoms with van der Waals surface area (Å²) in [5.74, 6) is 1.49. The van der Waals surface area contributed by atoms with Crippen molar-refractivity contribution in [2.45, 2.75) is 50.9 Å². The molecule has 1 unspecified atom stereocenters. The highest BCUT2D eigenvalue weighted by atomic mass is 19.1. The largest absolute Gasteiger partial charge is 0.359 e. The summed E-state index contributed by atoms with van der Waals surface area (Å²) in [5, 5.41) is 2.72. The maximum atomic E-state index is 13.4. The van der Waals surface area contributed by atoms with Crippen molar-refractivity contribution >= 4 is 5.91 Å². The van der Waals surface area contributed by atoms with Crippen molar-refractivity contribution in [1.29, 1.82) is 0 Å². The van der Waals surface area contributed by atoms with Gasteiger partial charge in [-0.3, -0.25) is 4.79 Å². The number of halogens is 1. The number of amides is 1. The van der Waals surface area contributed by atoms with E-state index >= 15 is 0 Å². The third-order valence-electron chi connectivity index (χ3n) is 7.54. The molecule has 0 spiro atoms. The number of nitrogens with zero attached hydrogens (tertiary/aromatic N) is 1. The molecular weight excluding hydrogens is 387 g/mol. The summed E-state index contributed by atoms with van der Waals surface area (Å²) in [6.07, 6.45) is 7.73. The second-order valence-electron chi connectivity index (χ2n) is 9.62. The second kappa shape index (κ2) is 9.95. The predicted octanol–water partition coefficient (Wildman–Crippen LogP) is 5.17. The molecule has 1 amide bonds. The molecule has 2 aliphatic rings. The molecule has 2 fully saturated rings. The Morgan fingerprint density at radius 2 is 1.81 bits per heavy atom. The van der Waals surface area contributed by atoms with E-state index in [9.17, 15) is 9.18 Å². The molecule has 166 valence electrons. The molecule has 2 atom stereocenters. The van der Waals surface area contributed by atoms with Gasteiger partial charge in [0.1, 0.15) is 5.82 Å². The van der Waals surface area contributed by atoms with Crippen LogP contribution in [-0.2, 0) is 11.2 Å². The van der Waals surface area contributed by atoms with Crippen LogP contribution < -0.4 is 5.32 Å². The maximum Gasteiger partial charge on any atom is 0.221 e. The number of hydrogen-bond donors (Lipinski definition) is 1. The average molecular weight is 423 g/mol. The van der Waals surface area contributed by atoms with E-state index in [0.29, 0.717) is 6.42 Å². The van der Waals surface area contributed by atoms with Gasteiger partial charge in [0.15, 0.2) is 0 Å². The van der Waals surface area contributed by atoms with Crippen LogP contribution in [0.4, 0.5) is 4.39 Å². The molecule has 1 aliphatic carbocycles. The van der Waals surface area contributed by atoms with Gasteiger partial charge in [-0.1, -0.05) is 42.5 Å². The monoisotopic (exact) mass is 422 g/mol. The molecule has 4 rings (SSSR count). The summed E-state index contributed by atoms with van der Waals surface area (Å²) in [5.41, 5.74) is 3.02. The topological polar surface area (TPSA) is 32.3 Å². The van der Waals surface area contributed by atoms with E-state index in [1.807, 2.05) is 12.1 Å². The minimum atomic E-state index is -0.162. The molecule has 2 aromatic rings. The predicted molar refractivity (Wildman–Crippen MR) is 123 cm³/mol. The number of benzene rings is 2. The Hall–Kier alpha value is -2.20. The van der Waals surface area contributed by atoms with E-state index in [2.05, 4.69) is 40.5 Å². The maximum absolute atomic E-state index is 13.4. The number of rotatable bonds is 9. The zero-order valence-electron chi connectivity index (χ0n) is 18.7. The number of hydrogen-bond acceptors (Lipinski definition) is 2. The quantitative estimate of drug-likeness (QED) is 0.605. The highest BCUT2D eigenvalue weighted by Gasteiger charge is 2.41. The molecule has 1 saturated heterocycles. The Kier molecular flexibility index (Phi) is 7.06. The van der Waals surface area contributed by atoms with Crippen LogP contribution in [-0.4, -0.2) is 37.5 Å². The number of likely N-dealkylation sites (tertiary alicyclic amines) is 1. The fourth-order valence-corrected chi connectivity index (χ4v) is 5.35. The number of carbonyl (C=O) groups excluding carboxylic acids is 1. The van der Waals surface area contributed by atoms with Gasteiger partial charge in [-0.2, -0.15) is 0 Å². The Labute approximate surface area is 186 Å². The van der Waals surface area contributed by atoms with Gasteiger partial charge in [-0.25, -0.2) is 4.39 Å². The first-order valence-corrected chi connectivity index (χ1v) is 11.8. The normalized spacial score (nSPS) is 22.8. The molecule has 1 aliphatic heterocycles. The van der Waals surface area contributed by atoms with Gasteiger partial charge in [0.05, 0.1) is 0 Å². The third kappa shape index (κ3) is 5.94. The van der Waals surface area contributed by atoms with Gasteiger partial charge in [-0.15, -0.1) is 0 Å². The van der Waals surface area contributed by atoms with Gasteiger partial charge in [-0.05, 0) is 92.1 Å². The summed E-state index contributed by atoms with van der Waals surface area (Å²) in [6.45, 7) is 2.93. The van der Waals surface area contributed by atoms with Gasteiger partial charge < -0.3 is 10.2 Å². The Bertz CT molecular complexity index is 843. The van der Waals surface area contributed by atoms with Crippen molar-refractivity contribution in [3.63, 3.8) is 0 Å². The van der Waals surface area contributed by atoms with E-state index in [-0.39, 0.29) is 17.1 Å². The standard InChI is InChI=1S/C27H35FN2O/c1-29-26(31)12-16-30-17-14-27(15-18-30,20-21-7-9-24(28)10-8-21)13-11-23-19-25(23)22-5-3-2-4-6-22/h2-10,23,25H,11-20H2,1H3,(H,29,31)/t23-,25?/m1/s1. The molecule has 4 heteroatoms. The lowest BCUT2D eigenvalue weighted by atomic mass is 9.70. The highest BCUT2D eigenvalue weighted by Crippen LogP contribution is 2.52. The summed E-state index contributed by atoms with van der Waals surface area (Å²) in [7, 11) is 1.70. The van der Waals surface area contributed by atoms with E-state index in [0.717, 1.165) is 50.7 Å². The van der Waals surface area contributed by atoms with E-state index in [1.165, 1.54) is 30.4 Å². The minimum Gasteiger partial charge on any atom is -0.359 e. The van der Waals surface area contributed by atoms with E-state index in [1.54, 1.807) is 19.2 Å². The molecular formula is C27H35FN2O. The summed E-state index contributed by atoms with van der Waals surface area (Å²) in [6, 6.07) is 18.0. The van der Waals surface area contributed by atoms with Crippen molar-refractivity contribution in [2.75, 3.05) is 26.7 Å². The molecule has 1 saturated carbocycles. The molecule has 1 N–H and O–H groups in total. The third-order valence-corrected chi connectivity index (χ3v) is 7.54. The van der Waals surface area contributed by atoms with Crippen LogP contribution in [0.15, 0.2) is 54.6 Å². The Balaban J connectivity index is 1.37. The lowest BCUT2D eigenvalue weighted by Crippen LogP contribution is -2.42. The van der Waals surface area contributed by atoms with Gasteiger partial charge in [0.2, 0.25) is 5.91 Å². The lowest BCUT2D eigenvalue weighted by Gasteiger charge is -2.42. The summed E-state index contributed by atoms with van der Waals surface area (Å²) in [4.78, 5) is 14.0. The van der Waals surface area contributed by atoms with Gasteiger partial charge in [0.25, 0.3) is 0 Å². The van der Waals surface area contributed by atoms with Crippen LogP contribution in [0.25, 0.3) is 0 Å². The van der Waals surface area contributed by atoms with E-state index < -0.39 is 0 Å². The molecule has 1 heterocycles. The van der Waals surface area contributed by atoms with Gasteiger partial charge in [0, 0.05) is 20.0 Å². The molecule has 0 aromatic heterocycles. The lowest BCUT2D eigenvalue weighted by molar-refractivity contribution is -0.121. The number of nitrogens with one attached hydrogen (secondary N) is 1. The summed E-state index contributed by atoms with van der Waals surface area (Å²) < 4.78 is 13.4. The van der Waals surface area contributed by atoms with Crippen molar-refractivity contribution in [3.05, 3.63) is 71.5 Å². The summed E-state index contributed by atoms with van der Waals surface area (Å²) >= 11 is 0. The first kappa shape index (κ1) is 22.0. The fourth-order valence-electron chi connectivity index (χ4n) is 5.35. The van der Waals surface area contributed by atoms with Crippen LogP contribution in [0.1, 0.15) is 55.6 Å². The van der Waals surface area contributed by atoms with Crippen LogP contribution in [0, 0.1) is 17.2 Å². The molecule has 31 heavy (non-hydrogen) atoms. The first-order valence-electron chi connectivity index (χ1n) is 11.8. The van der Waals surface area contributed by atoms with E-state index in [4.69, 9.17) is 0 Å². The van der Waals surface area contributed by atoms with Crippen LogP contribution in [0.3, 0.4) is 0 Å². The molecule has 2 aromatic carbocycles. The molecule has 3 nitrogen and oxygen atoms in total. The van der Waals surface area contributed by atoms with Crippen LogP contribution in [0.2, 0.25) is 0 Å². The smallest absolute Gasteiger partial charge is 0.221 e. The zero-order chi connectivity index (χ0) is 21.7. The molecule has 0 bridgehead atoms. The Morgan fingerprint density at radius 1 is 1.10 bits per heavy atom. The molecule has 0 radical (unpaired) electrons. The first-order chi connectivity index (χ1) is 15.1. The Morgan fingerprint density at radius 3 is 2.48 bits per heavy atom. The fraction of sp³-hybridized carbons (Fsp3) is 0.519. The van der Waals surface area contributed by atoms with Crippen LogP contribution in [0.5, 0.6) is 0 Å². The van der Waals surface area contributed by atoms with Crippen molar-refractivity contribution in [2.24, 2.45) is 11.3 Å². The number of piperidine rings is 1. The SMILES string of the molecule is CNC(=O)CCN1CCC(CC[C@@H]2CC2c2ccccc2)(Cc2ccc(F)cc2)CC1. The number of carbonyl (C=O) groups is 1. The van der Waals surface area contributed by atoms with Crippen molar-refractivity contribution in [1.82, 2.24) is 10.2 Å². The minimum absolute atomic E-state index is 0.115. The van der Waals surface area contributed by atoms with Crippen molar-refractivity contribution < 1.29 is 9.18 Å². The highest BCUT2D eigenvalue weighted by molar-refractivity contribution is 5.75.